The minimum absolute atomic E-state index is 0.0500. The Morgan fingerprint density at radius 1 is 1.18 bits per heavy atom. The summed E-state index contributed by atoms with van der Waals surface area (Å²) in [5.41, 5.74) is -0.355. The van der Waals surface area contributed by atoms with Crippen LogP contribution >= 0.6 is 0 Å². The van der Waals surface area contributed by atoms with Crippen LogP contribution in [0.5, 0.6) is 0 Å². The van der Waals surface area contributed by atoms with Crippen LogP contribution < -0.4 is 0 Å². The molecule has 0 saturated carbocycles. The summed E-state index contributed by atoms with van der Waals surface area (Å²) in [6.07, 6.45) is -4.81. The third kappa shape index (κ3) is 5.10. The molecule has 0 bridgehead atoms. The van der Waals surface area contributed by atoms with Gasteiger partial charge in [0.15, 0.2) is 0 Å². The molecule has 3 rings (SSSR count). The number of nitrogens with zero attached hydrogens (tertiary/aromatic N) is 1. The summed E-state index contributed by atoms with van der Waals surface area (Å²) < 4.78 is 54.8. The molecular weight excluding hydrogens is 443 g/mol. The molecule has 0 fully saturated rings. The van der Waals surface area contributed by atoms with Gasteiger partial charge in [-0.15, -0.1) is 0 Å². The third-order valence-corrected chi connectivity index (χ3v) is 5.30. The molecular formula is C23H22F3NO6. The van der Waals surface area contributed by atoms with Crippen molar-refractivity contribution in [2.75, 3.05) is 13.7 Å². The van der Waals surface area contributed by atoms with Crippen molar-refractivity contribution in [3.05, 3.63) is 70.3 Å². The summed E-state index contributed by atoms with van der Waals surface area (Å²) in [6, 6.07) is 7.45. The van der Waals surface area contributed by atoms with Gasteiger partial charge in [0.05, 0.1) is 31.4 Å². The van der Waals surface area contributed by atoms with Gasteiger partial charge in [-0.1, -0.05) is 18.2 Å². The van der Waals surface area contributed by atoms with Crippen LogP contribution in [0, 0.1) is 0 Å². The Labute approximate surface area is 187 Å². The second-order valence-corrected chi connectivity index (χ2v) is 7.34. The van der Waals surface area contributed by atoms with Crippen LogP contribution in [0.3, 0.4) is 0 Å². The van der Waals surface area contributed by atoms with E-state index in [1.165, 1.54) is 43.2 Å². The Balaban J connectivity index is 2.01. The Kier molecular flexibility index (Phi) is 6.95. The maximum Gasteiger partial charge on any atom is 0.416 e. The van der Waals surface area contributed by atoms with E-state index in [0.717, 1.165) is 12.1 Å². The van der Waals surface area contributed by atoms with E-state index in [0.29, 0.717) is 0 Å². The zero-order valence-electron chi connectivity index (χ0n) is 18.2. The lowest BCUT2D eigenvalue weighted by Gasteiger charge is -2.34. The summed E-state index contributed by atoms with van der Waals surface area (Å²) >= 11 is 0. The number of hydrogen-bond donors (Lipinski definition) is 0. The highest BCUT2D eigenvalue weighted by molar-refractivity contribution is 5.96. The SMILES string of the molecule is CCOC(=O)C1=C(C)N(Cc2ccc(C(=O)OC)o2)C(=O)CC1c1cccc(C(F)(F)F)c1. The van der Waals surface area contributed by atoms with Crippen molar-refractivity contribution in [1.82, 2.24) is 4.90 Å². The standard InChI is InChI=1S/C23H22F3NO6/c1-4-32-22(30)20-13(2)27(12-16-8-9-18(33-16)21(29)31-3)19(28)11-17(20)14-6-5-7-15(10-14)23(24,25)26/h5-10,17H,4,11-12H2,1-3H3. The first-order valence-electron chi connectivity index (χ1n) is 10.1. The van der Waals surface area contributed by atoms with Crippen LogP contribution in [0.2, 0.25) is 0 Å². The zero-order valence-corrected chi connectivity index (χ0v) is 18.2. The topological polar surface area (TPSA) is 86.1 Å². The van der Waals surface area contributed by atoms with Crippen molar-refractivity contribution in [2.45, 2.75) is 38.9 Å². The first kappa shape index (κ1) is 24.1. The normalized spacial score (nSPS) is 16.7. The highest BCUT2D eigenvalue weighted by Gasteiger charge is 2.38. The lowest BCUT2D eigenvalue weighted by molar-refractivity contribution is -0.140. The minimum atomic E-state index is -4.57. The second kappa shape index (κ2) is 9.51. The number of amides is 1. The number of alkyl halides is 3. The van der Waals surface area contributed by atoms with Gasteiger partial charge in [0.1, 0.15) is 5.76 Å². The number of furan rings is 1. The molecule has 0 saturated heterocycles. The lowest BCUT2D eigenvalue weighted by atomic mass is 9.83. The number of ether oxygens (including phenoxy) is 2. The Bertz CT molecular complexity index is 1100. The predicted octanol–water partition coefficient (Wildman–Crippen LogP) is 4.44. The molecule has 1 atom stereocenters. The van der Waals surface area contributed by atoms with Crippen LogP contribution in [-0.2, 0) is 31.8 Å². The number of esters is 2. The van der Waals surface area contributed by atoms with Gasteiger partial charge in [0, 0.05) is 18.0 Å². The second-order valence-electron chi connectivity index (χ2n) is 7.34. The quantitative estimate of drug-likeness (QED) is 0.587. The molecule has 1 aromatic heterocycles. The van der Waals surface area contributed by atoms with E-state index >= 15 is 0 Å². The number of carbonyl (C=O) groups is 3. The molecule has 176 valence electrons. The van der Waals surface area contributed by atoms with E-state index < -0.39 is 35.5 Å². The minimum Gasteiger partial charge on any atom is -0.463 e. The van der Waals surface area contributed by atoms with Gasteiger partial charge in [-0.05, 0) is 37.6 Å². The van der Waals surface area contributed by atoms with Crippen molar-refractivity contribution < 1.29 is 41.4 Å². The number of halogens is 3. The van der Waals surface area contributed by atoms with Crippen LogP contribution in [0.25, 0.3) is 0 Å². The summed E-state index contributed by atoms with van der Waals surface area (Å²) in [5, 5.41) is 0. The Morgan fingerprint density at radius 3 is 2.55 bits per heavy atom. The van der Waals surface area contributed by atoms with Gasteiger partial charge in [0.25, 0.3) is 0 Å². The van der Waals surface area contributed by atoms with Crippen LogP contribution in [-0.4, -0.2) is 36.5 Å². The van der Waals surface area contributed by atoms with E-state index in [2.05, 4.69) is 4.74 Å². The summed E-state index contributed by atoms with van der Waals surface area (Å²) in [4.78, 5) is 38.7. The third-order valence-electron chi connectivity index (χ3n) is 5.30. The average molecular weight is 465 g/mol. The molecule has 2 aromatic rings. The molecule has 1 aliphatic rings. The van der Waals surface area contributed by atoms with Crippen molar-refractivity contribution in [3.8, 4) is 0 Å². The van der Waals surface area contributed by atoms with Crippen LogP contribution in [0.15, 0.2) is 52.1 Å². The Morgan fingerprint density at radius 2 is 1.91 bits per heavy atom. The molecule has 2 heterocycles. The monoisotopic (exact) mass is 465 g/mol. The van der Waals surface area contributed by atoms with Gasteiger partial charge in [-0.2, -0.15) is 13.2 Å². The number of rotatable bonds is 6. The van der Waals surface area contributed by atoms with E-state index in [9.17, 15) is 27.6 Å². The van der Waals surface area contributed by atoms with Gasteiger partial charge in [-0.3, -0.25) is 4.79 Å². The molecule has 0 spiro atoms. The zero-order chi connectivity index (χ0) is 24.3. The smallest absolute Gasteiger partial charge is 0.416 e. The first-order chi connectivity index (χ1) is 15.6. The fourth-order valence-electron chi connectivity index (χ4n) is 3.72. The number of carbonyl (C=O) groups excluding carboxylic acids is 3. The number of methoxy groups -OCH3 is 1. The van der Waals surface area contributed by atoms with E-state index in [4.69, 9.17) is 9.15 Å². The van der Waals surface area contributed by atoms with E-state index in [-0.39, 0.29) is 47.9 Å². The predicted molar refractivity (Wildman–Crippen MR) is 109 cm³/mol. The largest absolute Gasteiger partial charge is 0.463 e. The molecule has 1 aromatic carbocycles. The average Bonchev–Trinajstić information content (AvgIpc) is 3.24. The maximum absolute atomic E-state index is 13.2. The van der Waals surface area contributed by atoms with Crippen molar-refractivity contribution in [2.24, 2.45) is 0 Å². The molecule has 0 N–H and O–H groups in total. The molecule has 1 aliphatic heterocycles. The van der Waals surface area contributed by atoms with Gasteiger partial charge >= 0.3 is 18.1 Å². The number of allylic oxidation sites excluding steroid dienone is 1. The Hall–Kier alpha value is -3.56. The van der Waals surface area contributed by atoms with Crippen molar-refractivity contribution >= 4 is 17.8 Å². The lowest BCUT2D eigenvalue weighted by Crippen LogP contribution is -2.38. The fraction of sp³-hybridized carbons (Fsp3) is 0.348. The number of hydrogen-bond acceptors (Lipinski definition) is 6. The first-order valence-corrected chi connectivity index (χ1v) is 10.1. The highest BCUT2D eigenvalue weighted by Crippen LogP contribution is 2.39. The van der Waals surface area contributed by atoms with Crippen molar-refractivity contribution in [1.29, 1.82) is 0 Å². The van der Waals surface area contributed by atoms with E-state index in [1.807, 2.05) is 0 Å². The number of benzene rings is 1. The van der Waals surface area contributed by atoms with E-state index in [1.54, 1.807) is 6.92 Å². The maximum atomic E-state index is 13.2. The molecule has 7 nitrogen and oxygen atoms in total. The summed E-state index contributed by atoms with van der Waals surface area (Å²) in [7, 11) is 1.20. The van der Waals surface area contributed by atoms with Crippen LogP contribution in [0.1, 0.15) is 53.6 Å². The molecule has 33 heavy (non-hydrogen) atoms. The molecule has 1 unspecified atom stereocenters. The fourth-order valence-corrected chi connectivity index (χ4v) is 3.72. The summed E-state index contributed by atoms with van der Waals surface area (Å²) in [6.45, 7) is 3.10. The summed E-state index contributed by atoms with van der Waals surface area (Å²) in [5.74, 6) is -2.51. The van der Waals surface area contributed by atoms with Crippen molar-refractivity contribution in [3.63, 3.8) is 0 Å². The van der Waals surface area contributed by atoms with Gasteiger partial charge < -0.3 is 18.8 Å². The molecule has 0 radical (unpaired) electrons. The van der Waals surface area contributed by atoms with Crippen LogP contribution in [0.4, 0.5) is 13.2 Å². The van der Waals surface area contributed by atoms with Gasteiger partial charge in [0.2, 0.25) is 11.7 Å². The molecule has 10 heteroatoms. The molecule has 0 aliphatic carbocycles. The highest BCUT2D eigenvalue weighted by atomic mass is 19.4. The molecule has 1 amide bonds. The van der Waals surface area contributed by atoms with Gasteiger partial charge in [-0.25, -0.2) is 9.59 Å².